The van der Waals surface area contributed by atoms with Gasteiger partial charge in [-0.3, -0.25) is 14.9 Å². The van der Waals surface area contributed by atoms with E-state index in [-0.39, 0.29) is 11.9 Å². The van der Waals surface area contributed by atoms with Gasteiger partial charge in [-0.25, -0.2) is 0 Å². The van der Waals surface area contributed by atoms with Gasteiger partial charge in [-0.2, -0.15) is 0 Å². The third-order valence-corrected chi connectivity index (χ3v) is 3.22. The zero-order valence-electron chi connectivity index (χ0n) is 11.4. The second-order valence-corrected chi connectivity index (χ2v) is 5.19. The van der Waals surface area contributed by atoms with E-state index in [4.69, 9.17) is 4.74 Å². The van der Waals surface area contributed by atoms with Gasteiger partial charge in [0.05, 0.1) is 13.5 Å². The zero-order valence-corrected chi connectivity index (χ0v) is 11.4. The molecule has 1 amide bonds. The van der Waals surface area contributed by atoms with Crippen LogP contribution < -0.4 is 10.6 Å². The van der Waals surface area contributed by atoms with E-state index in [2.05, 4.69) is 10.6 Å². The van der Waals surface area contributed by atoms with Crippen LogP contribution in [0.5, 0.6) is 0 Å². The van der Waals surface area contributed by atoms with E-state index in [9.17, 15) is 9.59 Å². The summed E-state index contributed by atoms with van der Waals surface area (Å²) in [6.45, 7) is 4.10. The predicted molar refractivity (Wildman–Crippen MR) is 71.7 cm³/mol. The molecule has 5 heteroatoms. The van der Waals surface area contributed by atoms with E-state index < -0.39 is 5.54 Å². The molecule has 1 aliphatic rings. The minimum absolute atomic E-state index is 0.0231. The highest BCUT2D eigenvalue weighted by molar-refractivity contribution is 5.99. The van der Waals surface area contributed by atoms with Gasteiger partial charge in [0.1, 0.15) is 5.54 Å². The van der Waals surface area contributed by atoms with E-state index >= 15 is 0 Å². The van der Waals surface area contributed by atoms with Crippen LogP contribution in [0.15, 0.2) is 18.2 Å². The topological polar surface area (TPSA) is 67.4 Å². The number of benzene rings is 1. The summed E-state index contributed by atoms with van der Waals surface area (Å²) in [5.74, 6) is -0.277. The molecule has 0 aromatic heterocycles. The molecule has 0 saturated heterocycles. The first-order chi connectivity index (χ1) is 8.92. The first-order valence-electron chi connectivity index (χ1n) is 6.17. The molecule has 0 bridgehead atoms. The number of nitrogens with one attached hydrogen (secondary N) is 2. The maximum atomic E-state index is 11.5. The van der Waals surface area contributed by atoms with E-state index in [1.807, 2.05) is 18.2 Å². The Morgan fingerprint density at radius 2 is 2.21 bits per heavy atom. The van der Waals surface area contributed by atoms with Gasteiger partial charge in [0.25, 0.3) is 0 Å². The van der Waals surface area contributed by atoms with Gasteiger partial charge in [0.15, 0.2) is 0 Å². The first kappa shape index (κ1) is 13.5. The largest absolute Gasteiger partial charge is 0.468 e. The average Bonchev–Trinajstić information content (AvgIpc) is 2.74. The molecular weight excluding hydrogens is 244 g/mol. The normalized spacial score (nSPS) is 13.9. The molecule has 0 aliphatic carbocycles. The molecule has 2 rings (SSSR count). The minimum atomic E-state index is -0.734. The van der Waals surface area contributed by atoms with Crippen LogP contribution in [0.2, 0.25) is 0 Å². The molecule has 0 atom stereocenters. The number of esters is 1. The fourth-order valence-corrected chi connectivity index (χ4v) is 2.04. The van der Waals surface area contributed by atoms with Crippen molar-refractivity contribution in [1.82, 2.24) is 5.32 Å². The summed E-state index contributed by atoms with van der Waals surface area (Å²) in [7, 11) is 1.37. The second kappa shape index (κ2) is 5.01. The van der Waals surface area contributed by atoms with E-state index in [0.29, 0.717) is 13.0 Å². The third kappa shape index (κ3) is 2.93. The molecule has 2 N–H and O–H groups in total. The highest BCUT2D eigenvalue weighted by Gasteiger charge is 2.27. The lowest BCUT2D eigenvalue weighted by molar-refractivity contribution is -0.147. The lowest BCUT2D eigenvalue weighted by Crippen LogP contribution is -2.46. The molecule has 19 heavy (non-hydrogen) atoms. The van der Waals surface area contributed by atoms with Gasteiger partial charge in [-0.1, -0.05) is 12.1 Å². The van der Waals surface area contributed by atoms with Gasteiger partial charge in [0, 0.05) is 12.2 Å². The van der Waals surface area contributed by atoms with Crippen molar-refractivity contribution in [3.8, 4) is 0 Å². The van der Waals surface area contributed by atoms with Crippen molar-refractivity contribution < 1.29 is 14.3 Å². The van der Waals surface area contributed by atoms with Gasteiger partial charge in [-0.15, -0.1) is 0 Å². The smallest absolute Gasteiger partial charge is 0.325 e. The molecule has 0 saturated carbocycles. The highest BCUT2D eigenvalue weighted by Crippen LogP contribution is 2.24. The van der Waals surface area contributed by atoms with Crippen molar-refractivity contribution >= 4 is 17.6 Å². The van der Waals surface area contributed by atoms with Gasteiger partial charge in [-0.05, 0) is 31.0 Å². The SMILES string of the molecule is COC(=O)C(C)(C)NCc1ccc2c(c1)CC(=O)N2. The number of hydrogen-bond donors (Lipinski definition) is 2. The van der Waals surface area contributed by atoms with Crippen molar-refractivity contribution in [2.75, 3.05) is 12.4 Å². The summed E-state index contributed by atoms with van der Waals surface area (Å²) in [6.07, 6.45) is 0.420. The number of amides is 1. The summed E-state index contributed by atoms with van der Waals surface area (Å²) in [6, 6.07) is 5.81. The Kier molecular flexibility index (Phi) is 3.57. The fourth-order valence-electron chi connectivity index (χ4n) is 2.04. The van der Waals surface area contributed by atoms with E-state index in [1.54, 1.807) is 13.8 Å². The average molecular weight is 262 g/mol. The van der Waals surface area contributed by atoms with Crippen molar-refractivity contribution in [3.05, 3.63) is 29.3 Å². The third-order valence-electron chi connectivity index (χ3n) is 3.22. The summed E-state index contributed by atoms with van der Waals surface area (Å²) in [4.78, 5) is 22.8. The Morgan fingerprint density at radius 1 is 1.47 bits per heavy atom. The van der Waals surface area contributed by atoms with Crippen LogP contribution in [0, 0.1) is 0 Å². The number of carbonyl (C=O) groups is 2. The molecule has 1 aliphatic heterocycles. The summed E-state index contributed by atoms with van der Waals surface area (Å²) in [5.41, 5.74) is 2.18. The number of ether oxygens (including phenoxy) is 1. The maximum absolute atomic E-state index is 11.5. The quantitative estimate of drug-likeness (QED) is 0.801. The Bertz CT molecular complexity index is 523. The molecule has 0 spiro atoms. The van der Waals surface area contributed by atoms with Gasteiger partial charge in [0.2, 0.25) is 5.91 Å². The Labute approximate surface area is 112 Å². The van der Waals surface area contributed by atoms with Crippen LogP contribution in [0.25, 0.3) is 0 Å². The van der Waals surface area contributed by atoms with Gasteiger partial charge >= 0.3 is 5.97 Å². The number of methoxy groups -OCH3 is 1. The molecular formula is C14H18N2O3. The van der Waals surface area contributed by atoms with Crippen molar-refractivity contribution in [3.63, 3.8) is 0 Å². The first-order valence-corrected chi connectivity index (χ1v) is 6.17. The molecule has 5 nitrogen and oxygen atoms in total. The van der Waals surface area contributed by atoms with E-state index in [1.165, 1.54) is 7.11 Å². The zero-order chi connectivity index (χ0) is 14.0. The summed E-state index contributed by atoms with van der Waals surface area (Å²) < 4.78 is 4.74. The summed E-state index contributed by atoms with van der Waals surface area (Å²) >= 11 is 0. The maximum Gasteiger partial charge on any atom is 0.325 e. The predicted octanol–water partition coefficient (Wildman–Crippen LogP) is 1.22. The fraction of sp³-hybridized carbons (Fsp3) is 0.429. The van der Waals surface area contributed by atoms with Crippen LogP contribution in [0.1, 0.15) is 25.0 Å². The van der Waals surface area contributed by atoms with Crippen molar-refractivity contribution in [1.29, 1.82) is 0 Å². The molecule has 1 heterocycles. The second-order valence-electron chi connectivity index (χ2n) is 5.19. The number of rotatable bonds is 4. The lowest BCUT2D eigenvalue weighted by atomic mass is 10.0. The molecule has 1 aromatic carbocycles. The minimum Gasteiger partial charge on any atom is -0.468 e. The van der Waals surface area contributed by atoms with Crippen LogP contribution in [0.3, 0.4) is 0 Å². The molecule has 0 unspecified atom stereocenters. The Balaban J connectivity index is 2.03. The molecule has 0 radical (unpaired) electrons. The van der Waals surface area contributed by atoms with Crippen LogP contribution >= 0.6 is 0 Å². The highest BCUT2D eigenvalue weighted by atomic mass is 16.5. The Morgan fingerprint density at radius 3 is 2.89 bits per heavy atom. The van der Waals surface area contributed by atoms with Crippen LogP contribution in [0.4, 0.5) is 5.69 Å². The number of fused-ring (bicyclic) bond motifs is 1. The molecule has 1 aromatic rings. The molecule has 0 fully saturated rings. The van der Waals surface area contributed by atoms with Gasteiger partial charge < -0.3 is 10.1 Å². The van der Waals surface area contributed by atoms with Crippen molar-refractivity contribution in [2.45, 2.75) is 32.4 Å². The number of hydrogen-bond acceptors (Lipinski definition) is 4. The number of anilines is 1. The standard InChI is InChI=1S/C14H18N2O3/c1-14(2,13(18)19-3)15-8-9-4-5-11-10(6-9)7-12(17)16-11/h4-6,15H,7-8H2,1-3H3,(H,16,17). The Hall–Kier alpha value is -1.88. The van der Waals surface area contributed by atoms with Crippen LogP contribution in [-0.4, -0.2) is 24.5 Å². The van der Waals surface area contributed by atoms with Crippen LogP contribution in [-0.2, 0) is 27.3 Å². The summed E-state index contributed by atoms with van der Waals surface area (Å²) in [5, 5.41) is 5.94. The van der Waals surface area contributed by atoms with Crippen molar-refractivity contribution in [2.24, 2.45) is 0 Å². The number of carbonyl (C=O) groups excluding carboxylic acids is 2. The monoisotopic (exact) mass is 262 g/mol. The molecule has 102 valence electrons. The lowest BCUT2D eigenvalue weighted by Gasteiger charge is -2.23. The van der Waals surface area contributed by atoms with E-state index in [0.717, 1.165) is 16.8 Å².